The van der Waals surface area contributed by atoms with Crippen LogP contribution in [-0.2, 0) is 10.0 Å². The highest BCUT2D eigenvalue weighted by molar-refractivity contribution is 7.89. The maximum atomic E-state index is 13.0. The van der Waals surface area contributed by atoms with Gasteiger partial charge in [-0.2, -0.15) is 4.31 Å². The number of hydrogen-bond acceptors (Lipinski definition) is 4. The quantitative estimate of drug-likeness (QED) is 0.723. The van der Waals surface area contributed by atoms with Gasteiger partial charge in [-0.1, -0.05) is 17.7 Å². The Balaban J connectivity index is 1.44. The Bertz CT molecular complexity index is 948. The number of amides is 2. The number of piperazine rings is 1. The number of benzene rings is 2. The van der Waals surface area contributed by atoms with Crippen LogP contribution in [0.2, 0.25) is 5.02 Å². The first-order valence-electron chi connectivity index (χ1n) is 9.12. The molecule has 1 aliphatic rings. The van der Waals surface area contributed by atoms with Crippen molar-refractivity contribution in [3.63, 3.8) is 0 Å². The van der Waals surface area contributed by atoms with Gasteiger partial charge in [0.05, 0.1) is 5.75 Å². The monoisotopic (exact) mass is 440 g/mol. The van der Waals surface area contributed by atoms with Gasteiger partial charge in [0.2, 0.25) is 10.0 Å². The first kappa shape index (κ1) is 21.4. The fourth-order valence-electron chi connectivity index (χ4n) is 3.04. The molecule has 10 heteroatoms. The highest BCUT2D eigenvalue weighted by Crippen LogP contribution is 2.18. The Morgan fingerprint density at radius 2 is 1.76 bits per heavy atom. The van der Waals surface area contributed by atoms with E-state index in [1.807, 2.05) is 4.90 Å². The number of anilines is 2. The summed E-state index contributed by atoms with van der Waals surface area (Å²) in [5, 5.41) is 5.63. The molecule has 2 aromatic carbocycles. The minimum atomic E-state index is -3.49. The van der Waals surface area contributed by atoms with Crippen LogP contribution in [-0.4, -0.2) is 57.2 Å². The van der Waals surface area contributed by atoms with E-state index in [1.54, 1.807) is 36.4 Å². The fourth-order valence-corrected chi connectivity index (χ4v) is 4.57. The molecule has 0 radical (unpaired) electrons. The molecule has 0 saturated carbocycles. The van der Waals surface area contributed by atoms with Crippen molar-refractivity contribution >= 4 is 39.0 Å². The lowest BCUT2D eigenvalue weighted by Gasteiger charge is -2.35. The lowest BCUT2D eigenvalue weighted by Crippen LogP contribution is -2.50. The molecule has 0 unspecified atom stereocenters. The second-order valence-corrected chi connectivity index (χ2v) is 9.09. The molecule has 3 rings (SSSR count). The van der Waals surface area contributed by atoms with Crippen LogP contribution < -0.4 is 15.5 Å². The summed E-state index contributed by atoms with van der Waals surface area (Å²) < 4.78 is 39.5. The van der Waals surface area contributed by atoms with Crippen LogP contribution in [0.15, 0.2) is 48.5 Å². The van der Waals surface area contributed by atoms with Crippen molar-refractivity contribution in [1.29, 1.82) is 0 Å². The molecule has 0 aliphatic carbocycles. The SMILES string of the molecule is O=C(NCCS(=O)(=O)N1CCN(c2ccc(F)cc2)CC1)Nc1cccc(Cl)c1. The van der Waals surface area contributed by atoms with E-state index < -0.39 is 16.1 Å². The smallest absolute Gasteiger partial charge is 0.319 e. The summed E-state index contributed by atoms with van der Waals surface area (Å²) >= 11 is 5.86. The topological polar surface area (TPSA) is 81.8 Å². The number of nitrogens with one attached hydrogen (secondary N) is 2. The summed E-state index contributed by atoms with van der Waals surface area (Å²) in [6.45, 7) is 1.72. The second-order valence-electron chi connectivity index (χ2n) is 6.57. The number of hydrogen-bond donors (Lipinski definition) is 2. The van der Waals surface area contributed by atoms with Gasteiger partial charge >= 0.3 is 6.03 Å². The molecule has 7 nitrogen and oxygen atoms in total. The molecule has 1 saturated heterocycles. The van der Waals surface area contributed by atoms with Gasteiger partial charge in [-0.05, 0) is 42.5 Å². The van der Waals surface area contributed by atoms with E-state index in [0.29, 0.717) is 36.9 Å². The molecular weight excluding hydrogens is 419 g/mol. The molecule has 0 spiro atoms. The summed E-state index contributed by atoms with van der Waals surface area (Å²) in [6.07, 6.45) is 0. The number of rotatable bonds is 6. The number of carbonyl (C=O) groups is 1. The molecule has 1 heterocycles. The molecule has 0 bridgehead atoms. The number of urea groups is 1. The van der Waals surface area contributed by atoms with Gasteiger partial charge in [-0.25, -0.2) is 17.6 Å². The summed E-state index contributed by atoms with van der Waals surface area (Å²) in [7, 11) is -3.49. The van der Waals surface area contributed by atoms with Crippen LogP contribution >= 0.6 is 11.6 Å². The molecule has 0 aromatic heterocycles. The Labute approximate surface area is 174 Å². The van der Waals surface area contributed by atoms with E-state index in [1.165, 1.54) is 16.4 Å². The zero-order chi connectivity index (χ0) is 20.9. The van der Waals surface area contributed by atoms with E-state index in [-0.39, 0.29) is 18.1 Å². The highest BCUT2D eigenvalue weighted by atomic mass is 35.5. The third-order valence-corrected chi connectivity index (χ3v) is 6.66. The van der Waals surface area contributed by atoms with Gasteiger partial charge in [0.15, 0.2) is 0 Å². The molecule has 29 heavy (non-hydrogen) atoms. The van der Waals surface area contributed by atoms with Crippen LogP contribution in [0.1, 0.15) is 0 Å². The van der Waals surface area contributed by atoms with Crippen molar-refractivity contribution < 1.29 is 17.6 Å². The number of carbonyl (C=O) groups excluding carboxylic acids is 1. The normalized spacial score (nSPS) is 15.2. The zero-order valence-electron chi connectivity index (χ0n) is 15.6. The number of sulfonamides is 1. The van der Waals surface area contributed by atoms with Gasteiger partial charge in [-0.15, -0.1) is 0 Å². The predicted octanol–water partition coefficient (Wildman–Crippen LogP) is 2.75. The summed E-state index contributed by atoms with van der Waals surface area (Å²) in [4.78, 5) is 13.9. The second kappa shape index (κ2) is 9.43. The third kappa shape index (κ3) is 6.06. The lowest BCUT2D eigenvalue weighted by molar-refractivity contribution is 0.252. The summed E-state index contributed by atoms with van der Waals surface area (Å²) in [5.74, 6) is -0.492. The maximum absolute atomic E-state index is 13.0. The van der Waals surface area contributed by atoms with E-state index in [9.17, 15) is 17.6 Å². The van der Waals surface area contributed by atoms with Crippen molar-refractivity contribution in [3.05, 3.63) is 59.4 Å². The van der Waals surface area contributed by atoms with Crippen LogP contribution in [0.5, 0.6) is 0 Å². The molecule has 0 atom stereocenters. The van der Waals surface area contributed by atoms with Crippen LogP contribution in [0.3, 0.4) is 0 Å². The Morgan fingerprint density at radius 3 is 2.41 bits per heavy atom. The highest BCUT2D eigenvalue weighted by Gasteiger charge is 2.26. The van der Waals surface area contributed by atoms with Gasteiger partial charge in [0, 0.05) is 49.1 Å². The van der Waals surface area contributed by atoms with Crippen molar-refractivity contribution in [3.8, 4) is 0 Å². The number of halogens is 2. The van der Waals surface area contributed by atoms with Gasteiger partial charge in [-0.3, -0.25) is 0 Å². The maximum Gasteiger partial charge on any atom is 0.319 e. The Kier molecular flexibility index (Phi) is 6.94. The minimum absolute atomic E-state index is 0.00703. The lowest BCUT2D eigenvalue weighted by atomic mass is 10.2. The van der Waals surface area contributed by atoms with Crippen LogP contribution in [0.4, 0.5) is 20.6 Å². The zero-order valence-corrected chi connectivity index (χ0v) is 17.2. The standard InChI is InChI=1S/C19H22ClFN4O3S/c20-15-2-1-3-17(14-15)23-19(26)22-8-13-29(27,28)25-11-9-24(10-12-25)18-6-4-16(21)5-7-18/h1-7,14H,8-13H2,(H2,22,23,26). The van der Waals surface area contributed by atoms with Crippen LogP contribution in [0.25, 0.3) is 0 Å². The average molecular weight is 441 g/mol. The predicted molar refractivity (Wildman–Crippen MR) is 112 cm³/mol. The molecule has 2 N–H and O–H groups in total. The average Bonchev–Trinajstić information content (AvgIpc) is 2.68. The van der Waals surface area contributed by atoms with Crippen molar-refractivity contribution in [2.75, 3.05) is 48.7 Å². The van der Waals surface area contributed by atoms with Crippen molar-refractivity contribution in [2.24, 2.45) is 0 Å². The molecule has 156 valence electrons. The Morgan fingerprint density at radius 1 is 1.07 bits per heavy atom. The molecule has 2 aromatic rings. The van der Waals surface area contributed by atoms with Crippen molar-refractivity contribution in [2.45, 2.75) is 0 Å². The van der Waals surface area contributed by atoms with Gasteiger partial charge in [0.25, 0.3) is 0 Å². The molecule has 2 amide bonds. The van der Waals surface area contributed by atoms with E-state index in [4.69, 9.17) is 11.6 Å². The summed E-state index contributed by atoms with van der Waals surface area (Å²) in [6, 6.07) is 12.3. The molecule has 1 aliphatic heterocycles. The van der Waals surface area contributed by atoms with Gasteiger partial charge < -0.3 is 15.5 Å². The number of nitrogens with zero attached hydrogens (tertiary/aromatic N) is 2. The van der Waals surface area contributed by atoms with Gasteiger partial charge in [0.1, 0.15) is 5.82 Å². The summed E-state index contributed by atoms with van der Waals surface area (Å²) in [5.41, 5.74) is 1.39. The fraction of sp³-hybridized carbons (Fsp3) is 0.316. The molecular formula is C19H22ClFN4O3S. The minimum Gasteiger partial charge on any atom is -0.369 e. The molecule has 1 fully saturated rings. The van der Waals surface area contributed by atoms with Crippen LogP contribution in [0, 0.1) is 5.82 Å². The van der Waals surface area contributed by atoms with Crippen molar-refractivity contribution in [1.82, 2.24) is 9.62 Å². The Hall–Kier alpha value is -2.36. The van der Waals surface area contributed by atoms with E-state index in [2.05, 4.69) is 10.6 Å². The third-order valence-electron chi connectivity index (χ3n) is 4.55. The van der Waals surface area contributed by atoms with E-state index >= 15 is 0 Å². The largest absolute Gasteiger partial charge is 0.369 e. The first-order valence-corrected chi connectivity index (χ1v) is 11.1. The van der Waals surface area contributed by atoms with E-state index in [0.717, 1.165) is 5.69 Å². The first-order chi connectivity index (χ1) is 13.8.